The Morgan fingerprint density at radius 3 is 2.50 bits per heavy atom. The lowest BCUT2D eigenvalue weighted by molar-refractivity contribution is -0.132. The topological polar surface area (TPSA) is 70.4 Å². The van der Waals surface area contributed by atoms with Gasteiger partial charge in [-0.1, -0.05) is 32.2 Å². The van der Waals surface area contributed by atoms with Crippen molar-refractivity contribution in [2.24, 2.45) is 17.8 Å². The molecule has 0 aromatic carbocycles. The third-order valence-electron chi connectivity index (χ3n) is 4.25. The van der Waals surface area contributed by atoms with Crippen LogP contribution in [0.25, 0.3) is 0 Å². The van der Waals surface area contributed by atoms with Crippen LogP contribution in [0.15, 0.2) is 12.0 Å². The smallest absolute Gasteiger partial charge is 0.161 e. The number of hydrogen-bond acceptors (Lipinski definition) is 5. The molecule has 1 rings (SSSR count). The molecule has 0 aromatic heterocycles. The van der Waals surface area contributed by atoms with E-state index in [2.05, 4.69) is 6.58 Å². The van der Waals surface area contributed by atoms with Crippen molar-refractivity contribution in [2.75, 3.05) is 13.2 Å². The van der Waals surface area contributed by atoms with Crippen LogP contribution in [0.2, 0.25) is 0 Å². The number of ether oxygens (including phenoxy) is 1. The first kappa shape index (κ1) is 17.4. The van der Waals surface area contributed by atoms with Gasteiger partial charge in [-0.3, -0.25) is 10.2 Å². The second kappa shape index (κ2) is 7.38. The quantitative estimate of drug-likeness (QED) is 0.584. The molecule has 4 nitrogen and oxygen atoms in total. The van der Waals surface area contributed by atoms with Crippen molar-refractivity contribution in [3.8, 4) is 0 Å². The van der Waals surface area contributed by atoms with Crippen LogP contribution in [0.3, 0.4) is 0 Å². The summed E-state index contributed by atoms with van der Waals surface area (Å²) in [5.41, 5.74) is -1.15. The van der Waals surface area contributed by atoms with E-state index in [4.69, 9.17) is 10.1 Å². The summed E-state index contributed by atoms with van der Waals surface area (Å²) in [4.78, 5) is 12.1. The fourth-order valence-corrected chi connectivity index (χ4v) is 3.76. The van der Waals surface area contributed by atoms with Crippen molar-refractivity contribution in [3.05, 3.63) is 12.0 Å². The third-order valence-corrected chi connectivity index (χ3v) is 4.98. The zero-order valence-electron chi connectivity index (χ0n) is 12.5. The standard InChI is InChI=1S/C15H25NO3S/c1-5-19-9-13(17)12-7-10(3)15(18,11(4)8-12)14(16)20-6-2/h6,10-12,16,18H,2,5,7-9H2,1,3-4H3. The van der Waals surface area contributed by atoms with Crippen LogP contribution in [0.1, 0.15) is 33.6 Å². The maximum atomic E-state index is 12.1. The van der Waals surface area contributed by atoms with E-state index < -0.39 is 5.60 Å². The van der Waals surface area contributed by atoms with Gasteiger partial charge in [0.2, 0.25) is 0 Å². The van der Waals surface area contributed by atoms with E-state index in [1.165, 1.54) is 0 Å². The van der Waals surface area contributed by atoms with Gasteiger partial charge in [0.15, 0.2) is 5.78 Å². The molecule has 20 heavy (non-hydrogen) atoms. The first-order valence-corrected chi connectivity index (χ1v) is 7.95. The Kier molecular flexibility index (Phi) is 6.43. The minimum Gasteiger partial charge on any atom is -0.382 e. The summed E-state index contributed by atoms with van der Waals surface area (Å²) in [5.74, 6) is -0.215. The summed E-state index contributed by atoms with van der Waals surface area (Å²) in [7, 11) is 0. The van der Waals surface area contributed by atoms with Gasteiger partial charge in [-0.2, -0.15) is 0 Å². The number of Topliss-reactive ketones (excluding diaryl/α,β-unsaturated/α-hetero) is 1. The minimum absolute atomic E-state index is 0.0756. The van der Waals surface area contributed by atoms with Gasteiger partial charge in [-0.25, -0.2) is 0 Å². The lowest BCUT2D eigenvalue weighted by atomic mass is 9.65. The summed E-state index contributed by atoms with van der Waals surface area (Å²) in [5, 5.41) is 20.7. The molecule has 1 aliphatic rings. The van der Waals surface area contributed by atoms with E-state index in [0.717, 1.165) is 11.8 Å². The summed E-state index contributed by atoms with van der Waals surface area (Å²) < 4.78 is 5.19. The van der Waals surface area contributed by atoms with E-state index >= 15 is 0 Å². The molecule has 2 N–H and O–H groups in total. The molecule has 0 amide bonds. The maximum Gasteiger partial charge on any atom is 0.161 e. The number of thioether (sulfide) groups is 1. The maximum absolute atomic E-state index is 12.1. The Bertz CT molecular complexity index is 371. The number of hydrogen-bond donors (Lipinski definition) is 2. The molecule has 5 heteroatoms. The zero-order chi connectivity index (χ0) is 15.3. The molecule has 1 fully saturated rings. The van der Waals surface area contributed by atoms with E-state index in [1.807, 2.05) is 20.8 Å². The third kappa shape index (κ3) is 3.51. The van der Waals surface area contributed by atoms with Gasteiger partial charge < -0.3 is 9.84 Å². The molecule has 1 aliphatic carbocycles. The highest BCUT2D eigenvalue weighted by molar-refractivity contribution is 8.16. The molecule has 0 aromatic rings. The first-order valence-electron chi connectivity index (χ1n) is 7.07. The molecule has 114 valence electrons. The molecule has 0 bridgehead atoms. The van der Waals surface area contributed by atoms with E-state index in [0.29, 0.717) is 19.4 Å². The van der Waals surface area contributed by atoms with E-state index in [9.17, 15) is 9.90 Å². The van der Waals surface area contributed by atoms with Crippen molar-refractivity contribution in [1.82, 2.24) is 0 Å². The highest BCUT2D eigenvalue weighted by Gasteiger charge is 2.49. The van der Waals surface area contributed by atoms with Gasteiger partial charge in [0.1, 0.15) is 17.3 Å². The van der Waals surface area contributed by atoms with Crippen molar-refractivity contribution in [2.45, 2.75) is 39.2 Å². The van der Waals surface area contributed by atoms with Crippen LogP contribution in [0.5, 0.6) is 0 Å². The van der Waals surface area contributed by atoms with Gasteiger partial charge in [-0.05, 0) is 37.0 Å². The van der Waals surface area contributed by atoms with E-state index in [1.54, 1.807) is 5.41 Å². The summed E-state index contributed by atoms with van der Waals surface area (Å²) in [6, 6.07) is 0. The molecule has 1 saturated carbocycles. The Morgan fingerprint density at radius 2 is 2.05 bits per heavy atom. The van der Waals surface area contributed by atoms with Crippen LogP contribution < -0.4 is 0 Å². The average Bonchev–Trinajstić information content (AvgIpc) is 2.41. The summed E-state index contributed by atoms with van der Waals surface area (Å²) >= 11 is 1.16. The molecular weight excluding hydrogens is 274 g/mol. The van der Waals surface area contributed by atoms with Crippen molar-refractivity contribution in [3.63, 3.8) is 0 Å². The largest absolute Gasteiger partial charge is 0.382 e. The molecule has 0 radical (unpaired) electrons. The SMILES string of the molecule is C=CSC(=N)C1(O)C(C)CC(C(=O)COCC)CC1C. The lowest BCUT2D eigenvalue weighted by Crippen LogP contribution is -2.53. The second-order valence-corrected chi connectivity index (χ2v) is 6.49. The van der Waals surface area contributed by atoms with Crippen LogP contribution >= 0.6 is 11.8 Å². The number of rotatable bonds is 6. The van der Waals surface area contributed by atoms with Crippen molar-refractivity contribution in [1.29, 1.82) is 5.41 Å². The highest BCUT2D eigenvalue weighted by Crippen LogP contribution is 2.44. The van der Waals surface area contributed by atoms with Gasteiger partial charge in [-0.15, -0.1) is 0 Å². The fourth-order valence-electron chi connectivity index (χ4n) is 3.00. The normalized spacial score (nSPS) is 33.7. The van der Waals surface area contributed by atoms with Crippen LogP contribution in [-0.4, -0.2) is 34.7 Å². The number of nitrogens with one attached hydrogen (secondary N) is 1. The Labute approximate surface area is 125 Å². The summed E-state index contributed by atoms with van der Waals surface area (Å²) in [6.45, 7) is 9.97. The Balaban J connectivity index is 2.78. The Hall–Kier alpha value is -0.650. The number of ketones is 1. The predicted molar refractivity (Wildman–Crippen MR) is 83.0 cm³/mol. The monoisotopic (exact) mass is 299 g/mol. The molecular formula is C15H25NO3S. The summed E-state index contributed by atoms with van der Waals surface area (Å²) in [6.07, 6.45) is 1.21. The van der Waals surface area contributed by atoms with Gasteiger partial charge in [0.05, 0.1) is 0 Å². The molecule has 2 unspecified atom stereocenters. The van der Waals surface area contributed by atoms with Crippen molar-refractivity contribution < 1.29 is 14.6 Å². The fraction of sp³-hybridized carbons (Fsp3) is 0.733. The van der Waals surface area contributed by atoms with Gasteiger partial charge >= 0.3 is 0 Å². The predicted octanol–water partition coefficient (Wildman–Crippen LogP) is 2.86. The molecule has 0 heterocycles. The molecule has 0 saturated heterocycles. The second-order valence-electron chi connectivity index (χ2n) is 5.51. The minimum atomic E-state index is -1.15. The zero-order valence-corrected chi connectivity index (χ0v) is 13.3. The molecule has 2 atom stereocenters. The first-order chi connectivity index (χ1) is 9.37. The number of carbonyl (C=O) groups excluding carboxylic acids is 1. The van der Waals surface area contributed by atoms with Crippen molar-refractivity contribution >= 4 is 22.6 Å². The lowest BCUT2D eigenvalue weighted by Gasteiger charge is -2.45. The van der Waals surface area contributed by atoms with Gasteiger partial charge in [0, 0.05) is 12.5 Å². The van der Waals surface area contributed by atoms with Crippen LogP contribution in [-0.2, 0) is 9.53 Å². The van der Waals surface area contributed by atoms with Gasteiger partial charge in [0.25, 0.3) is 0 Å². The number of carbonyl (C=O) groups is 1. The number of aliphatic hydroxyl groups is 1. The molecule has 0 aliphatic heterocycles. The molecule has 0 spiro atoms. The van der Waals surface area contributed by atoms with Crippen LogP contribution in [0.4, 0.5) is 0 Å². The average molecular weight is 299 g/mol. The van der Waals surface area contributed by atoms with Crippen LogP contribution in [0, 0.1) is 23.2 Å². The highest BCUT2D eigenvalue weighted by atomic mass is 32.2. The van der Waals surface area contributed by atoms with E-state index in [-0.39, 0.29) is 35.2 Å². The Morgan fingerprint density at radius 1 is 1.50 bits per heavy atom.